The van der Waals surface area contributed by atoms with Crippen LogP contribution >= 0.6 is 15.9 Å². The topological polar surface area (TPSA) is 47.6 Å². The number of anilines is 1. The molecule has 0 atom stereocenters. The first-order valence-corrected chi connectivity index (χ1v) is 6.30. The highest BCUT2D eigenvalue weighted by molar-refractivity contribution is 9.10. The van der Waals surface area contributed by atoms with E-state index in [0.29, 0.717) is 24.5 Å². The Morgan fingerprint density at radius 1 is 1.50 bits per heavy atom. The molecule has 1 N–H and O–H groups in total. The van der Waals surface area contributed by atoms with Gasteiger partial charge in [-0.3, -0.25) is 0 Å². The van der Waals surface area contributed by atoms with Crippen LogP contribution in [0.15, 0.2) is 34.8 Å². The Labute approximate surface area is 115 Å². The second kappa shape index (κ2) is 7.06. The van der Waals surface area contributed by atoms with Crippen LogP contribution in [0.5, 0.6) is 5.75 Å². The fraction of sp³-hybridized carbons (Fsp3) is 0.308. The Kier molecular flexibility index (Phi) is 5.71. The number of hydrogen-bond donors (Lipinski definition) is 1. The summed E-state index contributed by atoms with van der Waals surface area (Å²) in [6.07, 6.45) is 0. The number of halogens is 1. The van der Waals surface area contributed by atoms with Crippen molar-refractivity contribution < 1.29 is 14.3 Å². The summed E-state index contributed by atoms with van der Waals surface area (Å²) in [5.74, 6) is 0.314. The summed E-state index contributed by atoms with van der Waals surface area (Å²) in [6.45, 7) is 6.09. The number of rotatable bonds is 6. The van der Waals surface area contributed by atoms with Crippen LogP contribution in [-0.2, 0) is 9.53 Å². The van der Waals surface area contributed by atoms with Crippen LogP contribution in [0.1, 0.15) is 6.92 Å². The van der Waals surface area contributed by atoms with Crippen LogP contribution in [0, 0.1) is 0 Å². The first-order valence-electron chi connectivity index (χ1n) is 5.50. The SMILES string of the molecule is C=C(CNc1cc(Br)ccc1OC)C(=O)OCC. The van der Waals surface area contributed by atoms with Crippen molar-refractivity contribution in [2.45, 2.75) is 6.92 Å². The van der Waals surface area contributed by atoms with E-state index in [4.69, 9.17) is 9.47 Å². The highest BCUT2D eigenvalue weighted by atomic mass is 79.9. The van der Waals surface area contributed by atoms with Crippen molar-refractivity contribution in [1.29, 1.82) is 0 Å². The fourth-order valence-electron chi connectivity index (χ4n) is 1.33. The van der Waals surface area contributed by atoms with E-state index >= 15 is 0 Å². The molecule has 0 heterocycles. The number of esters is 1. The Morgan fingerprint density at radius 2 is 2.22 bits per heavy atom. The molecule has 0 aliphatic rings. The molecule has 0 saturated carbocycles. The van der Waals surface area contributed by atoms with Crippen LogP contribution in [0.4, 0.5) is 5.69 Å². The van der Waals surface area contributed by atoms with E-state index in [1.165, 1.54) is 0 Å². The molecule has 0 aliphatic heterocycles. The molecule has 1 rings (SSSR count). The molecule has 0 radical (unpaired) electrons. The summed E-state index contributed by atoms with van der Waals surface area (Å²) >= 11 is 3.38. The number of carbonyl (C=O) groups is 1. The molecule has 0 saturated heterocycles. The van der Waals surface area contributed by atoms with Crippen molar-refractivity contribution in [2.75, 3.05) is 25.6 Å². The summed E-state index contributed by atoms with van der Waals surface area (Å²) in [5, 5.41) is 3.09. The second-order valence-corrected chi connectivity index (χ2v) is 4.44. The van der Waals surface area contributed by atoms with Gasteiger partial charge in [-0.25, -0.2) is 4.79 Å². The van der Waals surface area contributed by atoms with E-state index in [9.17, 15) is 4.79 Å². The van der Waals surface area contributed by atoms with Gasteiger partial charge in [0.15, 0.2) is 0 Å². The van der Waals surface area contributed by atoms with Gasteiger partial charge in [-0.1, -0.05) is 22.5 Å². The molecule has 0 unspecified atom stereocenters. The minimum atomic E-state index is -0.390. The fourth-order valence-corrected chi connectivity index (χ4v) is 1.69. The van der Waals surface area contributed by atoms with Gasteiger partial charge in [0.05, 0.1) is 19.4 Å². The number of benzene rings is 1. The zero-order chi connectivity index (χ0) is 13.5. The number of methoxy groups -OCH3 is 1. The molecule has 0 amide bonds. The predicted molar refractivity (Wildman–Crippen MR) is 75.0 cm³/mol. The average molecular weight is 314 g/mol. The molecule has 1 aromatic rings. The lowest BCUT2D eigenvalue weighted by Gasteiger charge is -2.12. The molecular formula is C13H16BrNO3. The highest BCUT2D eigenvalue weighted by Crippen LogP contribution is 2.27. The lowest BCUT2D eigenvalue weighted by Crippen LogP contribution is -2.15. The van der Waals surface area contributed by atoms with E-state index in [-0.39, 0.29) is 5.97 Å². The maximum atomic E-state index is 11.4. The minimum absolute atomic E-state index is 0.311. The Balaban J connectivity index is 2.65. The third kappa shape index (κ3) is 4.07. The van der Waals surface area contributed by atoms with Crippen molar-refractivity contribution >= 4 is 27.6 Å². The van der Waals surface area contributed by atoms with Crippen molar-refractivity contribution in [3.63, 3.8) is 0 Å². The van der Waals surface area contributed by atoms with E-state index in [2.05, 4.69) is 27.8 Å². The first kappa shape index (κ1) is 14.6. The predicted octanol–water partition coefficient (Wildman–Crippen LogP) is 2.99. The second-order valence-electron chi connectivity index (χ2n) is 3.52. The van der Waals surface area contributed by atoms with Crippen LogP contribution in [0.25, 0.3) is 0 Å². The van der Waals surface area contributed by atoms with Crippen molar-refractivity contribution in [3.05, 3.63) is 34.8 Å². The molecule has 0 bridgehead atoms. The molecule has 0 spiro atoms. The summed E-state index contributed by atoms with van der Waals surface area (Å²) in [5.41, 5.74) is 1.16. The molecule has 0 aromatic heterocycles. The lowest BCUT2D eigenvalue weighted by molar-refractivity contribution is -0.138. The van der Waals surface area contributed by atoms with Crippen molar-refractivity contribution in [2.24, 2.45) is 0 Å². The molecule has 1 aromatic carbocycles. The minimum Gasteiger partial charge on any atom is -0.495 e. The number of hydrogen-bond acceptors (Lipinski definition) is 4. The molecule has 4 nitrogen and oxygen atoms in total. The lowest BCUT2D eigenvalue weighted by atomic mass is 10.2. The normalized spacial score (nSPS) is 9.72. The maximum Gasteiger partial charge on any atom is 0.335 e. The van der Waals surface area contributed by atoms with Gasteiger partial charge >= 0.3 is 5.97 Å². The number of carbonyl (C=O) groups excluding carboxylic acids is 1. The standard InChI is InChI=1S/C13H16BrNO3/c1-4-18-13(16)9(2)8-15-11-7-10(14)5-6-12(11)17-3/h5-7,15H,2,4,8H2,1,3H3. The first-order chi connectivity index (χ1) is 8.58. The zero-order valence-electron chi connectivity index (χ0n) is 10.5. The monoisotopic (exact) mass is 313 g/mol. The largest absolute Gasteiger partial charge is 0.495 e. The van der Waals surface area contributed by atoms with Gasteiger partial charge in [-0.15, -0.1) is 0 Å². The molecule has 0 fully saturated rings. The van der Waals surface area contributed by atoms with Gasteiger partial charge in [0, 0.05) is 16.6 Å². The highest BCUT2D eigenvalue weighted by Gasteiger charge is 2.09. The smallest absolute Gasteiger partial charge is 0.335 e. The quantitative estimate of drug-likeness (QED) is 0.648. The van der Waals surface area contributed by atoms with Gasteiger partial charge in [0.2, 0.25) is 0 Å². The maximum absolute atomic E-state index is 11.4. The summed E-state index contributed by atoms with van der Waals surface area (Å²) in [7, 11) is 1.59. The third-order valence-corrected chi connectivity index (χ3v) is 2.71. The molecular weight excluding hydrogens is 298 g/mol. The van der Waals surface area contributed by atoms with E-state index in [1.807, 2.05) is 18.2 Å². The molecule has 5 heteroatoms. The molecule has 98 valence electrons. The Hall–Kier alpha value is -1.49. The van der Waals surface area contributed by atoms with Gasteiger partial charge in [-0.2, -0.15) is 0 Å². The Morgan fingerprint density at radius 3 is 2.83 bits per heavy atom. The van der Waals surface area contributed by atoms with Gasteiger partial charge in [0.1, 0.15) is 5.75 Å². The van der Waals surface area contributed by atoms with Crippen LogP contribution in [-0.4, -0.2) is 26.2 Å². The van der Waals surface area contributed by atoms with Crippen LogP contribution in [0.2, 0.25) is 0 Å². The average Bonchev–Trinajstić information content (AvgIpc) is 2.36. The van der Waals surface area contributed by atoms with E-state index in [0.717, 1.165) is 10.2 Å². The van der Waals surface area contributed by atoms with Crippen molar-refractivity contribution in [1.82, 2.24) is 0 Å². The van der Waals surface area contributed by atoms with E-state index in [1.54, 1.807) is 14.0 Å². The number of nitrogens with one attached hydrogen (secondary N) is 1. The van der Waals surface area contributed by atoms with Crippen LogP contribution < -0.4 is 10.1 Å². The Bertz CT molecular complexity index is 446. The van der Waals surface area contributed by atoms with E-state index < -0.39 is 0 Å². The summed E-state index contributed by atoms with van der Waals surface area (Å²) in [4.78, 5) is 11.4. The third-order valence-electron chi connectivity index (χ3n) is 2.22. The van der Waals surface area contributed by atoms with Gasteiger partial charge in [0.25, 0.3) is 0 Å². The van der Waals surface area contributed by atoms with Gasteiger partial charge < -0.3 is 14.8 Å². The summed E-state index contributed by atoms with van der Waals surface area (Å²) < 4.78 is 11.0. The van der Waals surface area contributed by atoms with Crippen molar-refractivity contribution in [3.8, 4) is 5.75 Å². The van der Waals surface area contributed by atoms with Gasteiger partial charge in [-0.05, 0) is 25.1 Å². The molecule has 0 aliphatic carbocycles. The summed E-state index contributed by atoms with van der Waals surface area (Å²) in [6, 6.07) is 5.58. The number of ether oxygens (including phenoxy) is 2. The van der Waals surface area contributed by atoms with Crippen LogP contribution in [0.3, 0.4) is 0 Å². The zero-order valence-corrected chi connectivity index (χ0v) is 12.0. The molecule has 18 heavy (non-hydrogen) atoms.